The van der Waals surface area contributed by atoms with E-state index in [2.05, 4.69) is 16.0 Å². The smallest absolute Gasteiger partial charge is 0.329 e. The molecular formula is C23H24N4O3. The summed E-state index contributed by atoms with van der Waals surface area (Å²) in [7, 11) is 3.45. The van der Waals surface area contributed by atoms with Crippen LogP contribution in [0.15, 0.2) is 47.5 Å². The second kappa shape index (κ2) is 7.34. The first kappa shape index (κ1) is 19.0. The summed E-state index contributed by atoms with van der Waals surface area (Å²) in [5.74, 6) is 0.275. The molecule has 3 heterocycles. The van der Waals surface area contributed by atoms with Crippen LogP contribution in [0.3, 0.4) is 0 Å². The highest BCUT2D eigenvalue weighted by atomic mass is 16.5. The van der Waals surface area contributed by atoms with Crippen LogP contribution in [-0.4, -0.2) is 37.9 Å². The van der Waals surface area contributed by atoms with Crippen LogP contribution in [0.4, 0.5) is 0 Å². The number of benzene rings is 1. The van der Waals surface area contributed by atoms with Crippen molar-refractivity contribution in [2.45, 2.75) is 25.5 Å². The molecule has 3 aromatic heterocycles. The second-order valence-corrected chi connectivity index (χ2v) is 8.08. The van der Waals surface area contributed by atoms with Crippen LogP contribution in [0.1, 0.15) is 24.6 Å². The molecule has 7 nitrogen and oxygen atoms in total. The number of hydrogen-bond acceptors (Lipinski definition) is 5. The maximum absolute atomic E-state index is 13.0. The summed E-state index contributed by atoms with van der Waals surface area (Å²) in [6, 6.07) is 10.2. The molecule has 0 spiro atoms. The fraction of sp³-hybridized carbons (Fsp3) is 0.348. The highest BCUT2D eigenvalue weighted by Crippen LogP contribution is 2.39. The lowest BCUT2D eigenvalue weighted by Gasteiger charge is -2.34. The minimum absolute atomic E-state index is 0.0309. The summed E-state index contributed by atoms with van der Waals surface area (Å²) in [5.41, 5.74) is 5.47. The number of methoxy groups -OCH3 is 1. The number of aromatic nitrogens is 4. The Morgan fingerprint density at radius 2 is 1.93 bits per heavy atom. The van der Waals surface area contributed by atoms with Crippen LogP contribution in [-0.2, 0) is 18.4 Å². The third kappa shape index (κ3) is 2.93. The Kier molecular flexibility index (Phi) is 4.64. The van der Waals surface area contributed by atoms with E-state index in [4.69, 9.17) is 4.74 Å². The lowest BCUT2D eigenvalue weighted by Crippen LogP contribution is -2.35. The standard InChI is InChI=1S/C23H24N4O3/c1-26-21-11-25-20-6-4-15(16-3-5-17(13-30-2)24-10-16)9-19(20)22(21)27(23(26)29)18-7-14(8-18)12-28/h3-6,9-11,14,18,28H,7-8,12-13H2,1-2H3. The van der Waals surface area contributed by atoms with Crippen molar-refractivity contribution in [2.24, 2.45) is 13.0 Å². The van der Waals surface area contributed by atoms with Gasteiger partial charge in [-0.3, -0.25) is 19.1 Å². The zero-order valence-corrected chi connectivity index (χ0v) is 17.1. The number of nitrogens with zero attached hydrogens (tertiary/aromatic N) is 4. The molecule has 1 saturated carbocycles. The van der Waals surface area contributed by atoms with Gasteiger partial charge in [-0.2, -0.15) is 0 Å². The lowest BCUT2D eigenvalue weighted by atomic mass is 9.80. The number of imidazole rings is 1. The Labute approximate surface area is 173 Å². The van der Waals surface area contributed by atoms with E-state index in [1.165, 1.54) is 0 Å². The summed E-state index contributed by atoms with van der Waals surface area (Å²) >= 11 is 0. The number of rotatable bonds is 5. The molecule has 1 aliphatic rings. The Hall–Kier alpha value is -3.03. The highest BCUT2D eigenvalue weighted by Gasteiger charge is 2.33. The van der Waals surface area contributed by atoms with Crippen LogP contribution >= 0.6 is 0 Å². The van der Waals surface area contributed by atoms with Crippen molar-refractivity contribution >= 4 is 21.9 Å². The predicted octanol–water partition coefficient (Wildman–Crippen LogP) is 3.04. The van der Waals surface area contributed by atoms with Crippen LogP contribution in [0, 0.1) is 5.92 Å². The first-order valence-electron chi connectivity index (χ1n) is 10.2. The van der Waals surface area contributed by atoms with Gasteiger partial charge in [-0.25, -0.2) is 4.79 Å². The first-order chi connectivity index (χ1) is 14.6. The van der Waals surface area contributed by atoms with E-state index in [1.807, 2.05) is 35.0 Å². The first-order valence-corrected chi connectivity index (χ1v) is 10.2. The van der Waals surface area contributed by atoms with Crippen molar-refractivity contribution in [1.82, 2.24) is 19.1 Å². The molecule has 154 valence electrons. The highest BCUT2D eigenvalue weighted by molar-refractivity contribution is 6.04. The van der Waals surface area contributed by atoms with Crippen LogP contribution < -0.4 is 5.69 Å². The predicted molar refractivity (Wildman–Crippen MR) is 115 cm³/mol. The SMILES string of the molecule is COCc1ccc(-c2ccc3ncc4c(c3c2)n(C2CC(CO)C2)c(=O)n4C)cn1. The zero-order chi connectivity index (χ0) is 20.8. The summed E-state index contributed by atoms with van der Waals surface area (Å²) in [5, 5.41) is 10.4. The van der Waals surface area contributed by atoms with Crippen molar-refractivity contribution in [3.8, 4) is 11.1 Å². The van der Waals surface area contributed by atoms with Crippen molar-refractivity contribution in [1.29, 1.82) is 0 Å². The second-order valence-electron chi connectivity index (χ2n) is 8.08. The van der Waals surface area contributed by atoms with Gasteiger partial charge in [-0.15, -0.1) is 0 Å². The summed E-state index contributed by atoms with van der Waals surface area (Å²) in [6.07, 6.45) is 5.27. The number of aliphatic hydroxyl groups excluding tert-OH is 1. The Morgan fingerprint density at radius 1 is 1.13 bits per heavy atom. The zero-order valence-electron chi connectivity index (χ0n) is 17.1. The topological polar surface area (TPSA) is 82.2 Å². The number of aryl methyl sites for hydroxylation is 1. The molecule has 1 fully saturated rings. The van der Waals surface area contributed by atoms with Gasteiger partial charge in [0.2, 0.25) is 0 Å². The average molecular weight is 404 g/mol. The van der Waals surface area contributed by atoms with E-state index in [1.54, 1.807) is 24.9 Å². The van der Waals surface area contributed by atoms with E-state index in [9.17, 15) is 9.90 Å². The number of aliphatic hydroxyl groups is 1. The summed E-state index contributed by atoms with van der Waals surface area (Å²) < 4.78 is 8.71. The largest absolute Gasteiger partial charge is 0.396 e. The molecule has 0 aliphatic heterocycles. The molecule has 0 unspecified atom stereocenters. The molecule has 0 bridgehead atoms. The molecule has 7 heteroatoms. The minimum Gasteiger partial charge on any atom is -0.396 e. The number of ether oxygens (including phenoxy) is 1. The van der Waals surface area contributed by atoms with E-state index >= 15 is 0 Å². The monoisotopic (exact) mass is 404 g/mol. The molecule has 0 amide bonds. The average Bonchev–Trinajstić information content (AvgIpc) is 2.99. The maximum Gasteiger partial charge on any atom is 0.329 e. The Morgan fingerprint density at radius 3 is 2.63 bits per heavy atom. The molecule has 4 aromatic rings. The van der Waals surface area contributed by atoms with Crippen molar-refractivity contribution in [3.05, 3.63) is 58.9 Å². The van der Waals surface area contributed by atoms with Gasteiger partial charge in [0.05, 0.1) is 35.0 Å². The van der Waals surface area contributed by atoms with E-state index in [0.29, 0.717) is 6.61 Å². The lowest BCUT2D eigenvalue weighted by molar-refractivity contribution is 0.112. The van der Waals surface area contributed by atoms with Gasteiger partial charge < -0.3 is 9.84 Å². The van der Waals surface area contributed by atoms with Gasteiger partial charge in [-0.1, -0.05) is 12.1 Å². The Bertz CT molecular complexity index is 1280. The fourth-order valence-electron chi connectivity index (χ4n) is 4.43. The number of pyridine rings is 2. The van der Waals surface area contributed by atoms with Crippen molar-refractivity contribution in [2.75, 3.05) is 13.7 Å². The maximum atomic E-state index is 13.0. The van der Waals surface area contributed by atoms with E-state index in [-0.39, 0.29) is 24.3 Å². The summed E-state index contributed by atoms with van der Waals surface area (Å²) in [4.78, 5) is 22.1. The van der Waals surface area contributed by atoms with Gasteiger partial charge in [0.25, 0.3) is 0 Å². The van der Waals surface area contributed by atoms with Gasteiger partial charge in [-0.05, 0) is 42.5 Å². The quantitative estimate of drug-likeness (QED) is 0.553. The van der Waals surface area contributed by atoms with Gasteiger partial charge >= 0.3 is 5.69 Å². The van der Waals surface area contributed by atoms with Crippen molar-refractivity contribution < 1.29 is 9.84 Å². The van der Waals surface area contributed by atoms with Gasteiger partial charge in [0.1, 0.15) is 0 Å². The molecule has 5 rings (SSSR count). The molecule has 1 aliphatic carbocycles. The van der Waals surface area contributed by atoms with E-state index < -0.39 is 0 Å². The molecule has 0 radical (unpaired) electrons. The van der Waals surface area contributed by atoms with Crippen LogP contribution in [0.2, 0.25) is 0 Å². The van der Waals surface area contributed by atoms with Crippen LogP contribution in [0.25, 0.3) is 33.1 Å². The third-order valence-electron chi connectivity index (χ3n) is 6.20. The molecule has 30 heavy (non-hydrogen) atoms. The normalized spacial score (nSPS) is 18.8. The number of hydrogen-bond donors (Lipinski definition) is 1. The molecule has 1 aromatic carbocycles. The van der Waals surface area contributed by atoms with Crippen LogP contribution in [0.5, 0.6) is 0 Å². The Balaban J connectivity index is 1.68. The third-order valence-corrected chi connectivity index (χ3v) is 6.20. The molecule has 1 N–H and O–H groups in total. The van der Waals surface area contributed by atoms with E-state index in [0.717, 1.165) is 51.6 Å². The summed E-state index contributed by atoms with van der Waals surface area (Å²) in [6.45, 7) is 0.656. The number of fused-ring (bicyclic) bond motifs is 3. The van der Waals surface area contributed by atoms with Crippen molar-refractivity contribution in [3.63, 3.8) is 0 Å². The molecular weight excluding hydrogens is 380 g/mol. The van der Waals surface area contributed by atoms with Gasteiger partial charge in [0, 0.05) is 44.0 Å². The fourth-order valence-corrected chi connectivity index (χ4v) is 4.43. The molecule has 0 saturated heterocycles. The minimum atomic E-state index is -0.0309. The van der Waals surface area contributed by atoms with Gasteiger partial charge in [0.15, 0.2) is 0 Å². The molecule has 0 atom stereocenters.